The van der Waals surface area contributed by atoms with Crippen LogP contribution in [0.1, 0.15) is 42.1 Å². The summed E-state index contributed by atoms with van der Waals surface area (Å²) in [6.07, 6.45) is 1.82. The maximum atomic E-state index is 5.16. The lowest BCUT2D eigenvalue weighted by molar-refractivity contribution is 0.182. The molecule has 0 fully saturated rings. The lowest BCUT2D eigenvalue weighted by Gasteiger charge is -2.19. The van der Waals surface area contributed by atoms with E-state index in [9.17, 15) is 0 Å². The highest BCUT2D eigenvalue weighted by Crippen LogP contribution is 2.34. The van der Waals surface area contributed by atoms with Gasteiger partial charge in [-0.25, -0.2) is 0 Å². The molecule has 116 valence electrons. The van der Waals surface area contributed by atoms with E-state index in [0.717, 1.165) is 20.7 Å². The molecule has 0 saturated heterocycles. The summed E-state index contributed by atoms with van der Waals surface area (Å²) in [4.78, 5) is 1.13. The molecule has 2 heterocycles. The number of methoxy groups -OCH3 is 1. The largest absolute Gasteiger partial charge is 0.383 e. The first-order chi connectivity index (χ1) is 10.1. The van der Waals surface area contributed by atoms with Gasteiger partial charge in [0.2, 0.25) is 0 Å². The molecule has 0 saturated carbocycles. The van der Waals surface area contributed by atoms with Crippen molar-refractivity contribution in [2.75, 3.05) is 20.8 Å². The normalized spacial score (nSPS) is 13.0. The van der Waals surface area contributed by atoms with E-state index in [0.29, 0.717) is 19.1 Å². The van der Waals surface area contributed by atoms with Gasteiger partial charge in [0, 0.05) is 7.11 Å². The summed E-state index contributed by atoms with van der Waals surface area (Å²) in [5, 5.41) is 12.1. The Hall–Kier alpha value is -0.830. The number of nitrogens with zero attached hydrogens (tertiary/aromatic N) is 4. The Morgan fingerprint density at radius 2 is 2.24 bits per heavy atom. The van der Waals surface area contributed by atoms with Crippen LogP contribution in [0.3, 0.4) is 0 Å². The summed E-state index contributed by atoms with van der Waals surface area (Å²) in [5.41, 5.74) is 2.10. The predicted octanol–water partition coefficient (Wildman–Crippen LogP) is 2.58. The average Bonchev–Trinajstić information content (AvgIpc) is 3.07. The smallest absolute Gasteiger partial charge is 0.0886 e. The second kappa shape index (κ2) is 7.44. The number of halogens is 1. The van der Waals surface area contributed by atoms with Gasteiger partial charge in [0.15, 0.2) is 0 Å². The van der Waals surface area contributed by atoms with Gasteiger partial charge in [-0.1, -0.05) is 18.3 Å². The average molecular weight is 374 g/mol. The molecule has 0 radical (unpaired) electrons. The highest BCUT2D eigenvalue weighted by atomic mass is 79.9. The van der Waals surface area contributed by atoms with Crippen LogP contribution in [-0.4, -0.2) is 40.1 Å². The molecule has 6 nitrogen and oxygen atoms in total. The quantitative estimate of drug-likeness (QED) is 0.807. The van der Waals surface area contributed by atoms with Crippen molar-refractivity contribution in [1.82, 2.24) is 24.7 Å². The predicted molar refractivity (Wildman–Crippen MR) is 86.7 cm³/mol. The number of nitrogens with one attached hydrogen (secondary N) is 1. The Labute approximate surface area is 137 Å². The maximum Gasteiger partial charge on any atom is 0.0886 e. The van der Waals surface area contributed by atoms with Crippen LogP contribution in [0.25, 0.3) is 0 Å². The minimum atomic E-state index is 0.0103. The molecule has 21 heavy (non-hydrogen) atoms. The van der Waals surface area contributed by atoms with Gasteiger partial charge in [-0.15, -0.1) is 5.10 Å². The molecule has 0 aliphatic rings. The summed E-state index contributed by atoms with van der Waals surface area (Å²) < 4.78 is 12.2. The van der Waals surface area contributed by atoms with Crippen molar-refractivity contribution in [1.29, 1.82) is 0 Å². The van der Waals surface area contributed by atoms with Gasteiger partial charge in [-0.05, 0) is 40.4 Å². The Balaban J connectivity index is 2.41. The second-order valence-corrected chi connectivity index (χ2v) is 6.63. The molecule has 0 aliphatic carbocycles. The van der Waals surface area contributed by atoms with E-state index in [1.807, 2.05) is 17.9 Å². The van der Waals surface area contributed by atoms with Crippen LogP contribution in [0.4, 0.5) is 0 Å². The Kier molecular flexibility index (Phi) is 5.86. The number of rotatable bonds is 7. The van der Waals surface area contributed by atoms with Crippen LogP contribution in [0.2, 0.25) is 0 Å². The lowest BCUT2D eigenvalue weighted by Crippen LogP contribution is -2.23. The third-order valence-electron chi connectivity index (χ3n) is 3.25. The van der Waals surface area contributed by atoms with Crippen molar-refractivity contribution in [2.24, 2.45) is 0 Å². The molecule has 2 aromatic heterocycles. The zero-order valence-corrected chi connectivity index (χ0v) is 15.0. The fraction of sp³-hybridized carbons (Fsp3) is 0.615. The Morgan fingerprint density at radius 1 is 1.48 bits per heavy atom. The summed E-state index contributed by atoms with van der Waals surface area (Å²) in [7, 11) is 3.63. The fourth-order valence-corrected chi connectivity index (χ4v) is 3.66. The third-order valence-corrected chi connectivity index (χ3v) is 4.67. The first kappa shape index (κ1) is 16.5. The molecule has 1 N–H and O–H groups in total. The Morgan fingerprint density at radius 3 is 2.86 bits per heavy atom. The molecule has 8 heteroatoms. The Bertz CT molecular complexity index is 583. The van der Waals surface area contributed by atoms with Crippen molar-refractivity contribution in [3.63, 3.8) is 0 Å². The summed E-state index contributed by atoms with van der Waals surface area (Å²) in [5.74, 6) is 0.337. The van der Waals surface area contributed by atoms with Gasteiger partial charge >= 0.3 is 0 Å². The maximum absolute atomic E-state index is 5.16. The van der Waals surface area contributed by atoms with Crippen LogP contribution >= 0.6 is 27.5 Å². The molecule has 0 aromatic carbocycles. The number of hydrogen-bond donors (Lipinski definition) is 1. The van der Waals surface area contributed by atoms with Gasteiger partial charge < -0.3 is 10.1 Å². The molecule has 0 spiro atoms. The molecule has 2 rings (SSSR count). The highest BCUT2D eigenvalue weighted by Gasteiger charge is 2.26. The number of hydrogen-bond acceptors (Lipinski definition) is 6. The third kappa shape index (κ3) is 3.50. The van der Waals surface area contributed by atoms with E-state index in [1.54, 1.807) is 7.11 Å². The molecule has 1 atom stereocenters. The summed E-state index contributed by atoms with van der Waals surface area (Å²) >= 11 is 5.03. The standard InChI is InChI=1S/C13H20BrN5OS/c1-8(2)10-13(21-18-17-10)11(15-3)12-9(14)7-16-19(12)5-6-20-4/h7-8,11,15H,5-6H2,1-4H3. The topological polar surface area (TPSA) is 64.9 Å². The van der Waals surface area contributed by atoms with Gasteiger partial charge in [0.05, 0.1) is 46.1 Å². The SMILES string of the molecule is CNC(c1snnc1C(C)C)c1c(Br)cnn1CCOC. The van der Waals surface area contributed by atoms with Crippen LogP contribution in [-0.2, 0) is 11.3 Å². The van der Waals surface area contributed by atoms with Crippen molar-refractivity contribution >= 4 is 27.5 Å². The first-order valence-electron chi connectivity index (χ1n) is 6.79. The first-order valence-corrected chi connectivity index (χ1v) is 8.36. The van der Waals surface area contributed by atoms with Gasteiger partial charge in [0.25, 0.3) is 0 Å². The van der Waals surface area contributed by atoms with Crippen LogP contribution < -0.4 is 5.32 Å². The van der Waals surface area contributed by atoms with Crippen molar-refractivity contribution < 1.29 is 4.74 Å². The van der Waals surface area contributed by atoms with Crippen LogP contribution in [0.5, 0.6) is 0 Å². The highest BCUT2D eigenvalue weighted by molar-refractivity contribution is 9.10. The van der Waals surface area contributed by atoms with Gasteiger partial charge in [0.1, 0.15) is 0 Å². The molecule has 1 unspecified atom stereocenters. The van der Waals surface area contributed by atoms with E-state index in [1.165, 1.54) is 11.5 Å². The zero-order valence-electron chi connectivity index (χ0n) is 12.6. The van der Waals surface area contributed by atoms with Crippen LogP contribution in [0, 0.1) is 0 Å². The van der Waals surface area contributed by atoms with Crippen molar-refractivity contribution in [2.45, 2.75) is 32.4 Å². The van der Waals surface area contributed by atoms with Crippen LogP contribution in [0.15, 0.2) is 10.7 Å². The van der Waals surface area contributed by atoms with Gasteiger partial charge in [-0.3, -0.25) is 4.68 Å². The molecular weight excluding hydrogens is 354 g/mol. The summed E-state index contributed by atoms with van der Waals surface area (Å²) in [6, 6.07) is 0.0103. The van der Waals surface area contributed by atoms with E-state index in [4.69, 9.17) is 4.74 Å². The van der Waals surface area contributed by atoms with Crippen molar-refractivity contribution in [3.8, 4) is 0 Å². The second-order valence-electron chi connectivity index (χ2n) is 4.99. The monoisotopic (exact) mass is 373 g/mol. The van der Waals surface area contributed by atoms with Crippen molar-refractivity contribution in [3.05, 3.63) is 26.9 Å². The van der Waals surface area contributed by atoms with Gasteiger partial charge in [-0.2, -0.15) is 5.10 Å². The molecule has 0 amide bonds. The zero-order chi connectivity index (χ0) is 15.4. The van der Waals surface area contributed by atoms with E-state index in [2.05, 4.69) is 49.8 Å². The fourth-order valence-electron chi connectivity index (χ4n) is 2.21. The molecule has 0 aliphatic heterocycles. The van der Waals surface area contributed by atoms with E-state index in [-0.39, 0.29) is 6.04 Å². The number of aromatic nitrogens is 4. The van der Waals surface area contributed by atoms with E-state index >= 15 is 0 Å². The minimum Gasteiger partial charge on any atom is -0.383 e. The summed E-state index contributed by atoms with van der Waals surface area (Å²) in [6.45, 7) is 5.59. The molecular formula is C13H20BrN5OS. The minimum absolute atomic E-state index is 0.0103. The molecule has 2 aromatic rings. The van der Waals surface area contributed by atoms with E-state index < -0.39 is 0 Å². The lowest BCUT2D eigenvalue weighted by atomic mass is 10.0. The molecule has 0 bridgehead atoms. The number of ether oxygens (including phenoxy) is 1.